The third-order valence-corrected chi connectivity index (χ3v) is 6.98. The summed E-state index contributed by atoms with van der Waals surface area (Å²) in [6.07, 6.45) is 1.48. The number of rotatable bonds is 8. The number of fused-ring (bicyclic) bond motifs is 1. The SMILES string of the molecule is Cc1ccccc1-c1nc2c(C(=O)NC(CC(=O)O)c3ccc(F)cc3)cccn2c1Nc1c(C)cccc1C. The van der Waals surface area contributed by atoms with E-state index in [1.54, 1.807) is 12.1 Å². The van der Waals surface area contributed by atoms with Crippen LogP contribution in [0.15, 0.2) is 85.1 Å². The number of para-hydroxylation sites is 1. The molecular weight excluding hydrogens is 507 g/mol. The Hall–Kier alpha value is -4.98. The Morgan fingerprint density at radius 1 is 0.900 bits per heavy atom. The first-order valence-corrected chi connectivity index (χ1v) is 12.9. The van der Waals surface area contributed by atoms with Crippen molar-refractivity contribution in [1.82, 2.24) is 14.7 Å². The van der Waals surface area contributed by atoms with Gasteiger partial charge in [-0.15, -0.1) is 0 Å². The number of carbonyl (C=O) groups excluding carboxylic acids is 1. The van der Waals surface area contributed by atoms with Gasteiger partial charge in [0.2, 0.25) is 0 Å². The summed E-state index contributed by atoms with van der Waals surface area (Å²) in [6, 6.07) is 22.0. The van der Waals surface area contributed by atoms with Crippen LogP contribution >= 0.6 is 0 Å². The largest absolute Gasteiger partial charge is 0.481 e. The van der Waals surface area contributed by atoms with Gasteiger partial charge in [0.25, 0.3) is 5.91 Å². The quantitative estimate of drug-likeness (QED) is 0.204. The van der Waals surface area contributed by atoms with Gasteiger partial charge in [0, 0.05) is 17.4 Å². The van der Waals surface area contributed by atoms with Crippen LogP contribution in [0.2, 0.25) is 0 Å². The zero-order valence-electron chi connectivity index (χ0n) is 22.4. The van der Waals surface area contributed by atoms with Crippen molar-refractivity contribution in [3.8, 4) is 11.3 Å². The standard InChI is InChI=1S/C32H29FN4O3/c1-19-8-4-5-11-24(19)29-31(35-28-20(2)9-6-10-21(28)3)37-17-7-12-25(30(37)36-29)32(40)34-26(18-27(38)39)22-13-15-23(33)16-14-22/h4-17,26,35H,18H2,1-3H3,(H,34,40)(H,38,39). The van der Waals surface area contributed by atoms with Gasteiger partial charge in [-0.3, -0.25) is 14.0 Å². The highest BCUT2D eigenvalue weighted by molar-refractivity contribution is 6.01. The van der Waals surface area contributed by atoms with E-state index >= 15 is 0 Å². The van der Waals surface area contributed by atoms with Gasteiger partial charge in [-0.2, -0.15) is 0 Å². The fourth-order valence-corrected chi connectivity index (χ4v) is 4.88. The Labute approximate surface area is 231 Å². The molecule has 0 aliphatic rings. The van der Waals surface area contributed by atoms with Gasteiger partial charge in [-0.25, -0.2) is 9.37 Å². The number of amides is 1. The van der Waals surface area contributed by atoms with Crippen molar-refractivity contribution in [3.05, 3.63) is 119 Å². The van der Waals surface area contributed by atoms with Crippen LogP contribution in [0.5, 0.6) is 0 Å². The summed E-state index contributed by atoms with van der Waals surface area (Å²) in [5, 5.41) is 15.9. The molecule has 202 valence electrons. The summed E-state index contributed by atoms with van der Waals surface area (Å²) >= 11 is 0. The Balaban J connectivity index is 1.62. The van der Waals surface area contributed by atoms with Crippen LogP contribution in [0.25, 0.3) is 16.9 Å². The lowest BCUT2D eigenvalue weighted by Gasteiger charge is -2.18. The lowest BCUT2D eigenvalue weighted by atomic mass is 10.0. The van der Waals surface area contributed by atoms with Crippen LogP contribution in [0.3, 0.4) is 0 Å². The van der Waals surface area contributed by atoms with Crippen molar-refractivity contribution in [2.45, 2.75) is 33.2 Å². The number of aromatic nitrogens is 2. The summed E-state index contributed by atoms with van der Waals surface area (Å²) in [4.78, 5) is 30.2. The average molecular weight is 537 g/mol. The number of halogens is 1. The zero-order valence-corrected chi connectivity index (χ0v) is 22.4. The smallest absolute Gasteiger partial charge is 0.305 e. The maximum atomic E-state index is 13.6. The van der Waals surface area contributed by atoms with E-state index < -0.39 is 23.7 Å². The Kier molecular flexibility index (Phi) is 7.33. The molecule has 0 aliphatic heterocycles. The molecule has 0 aliphatic carbocycles. The van der Waals surface area contributed by atoms with Gasteiger partial charge in [0.05, 0.1) is 18.0 Å². The maximum absolute atomic E-state index is 13.6. The second kappa shape index (κ2) is 11.0. The number of carbonyl (C=O) groups is 2. The normalized spacial score (nSPS) is 11.8. The number of aliphatic carboxylic acids is 1. The molecule has 0 radical (unpaired) electrons. The highest BCUT2D eigenvalue weighted by Gasteiger charge is 2.24. The summed E-state index contributed by atoms with van der Waals surface area (Å²) < 4.78 is 15.3. The highest BCUT2D eigenvalue weighted by atomic mass is 19.1. The second-order valence-electron chi connectivity index (χ2n) is 9.81. The molecule has 1 amide bonds. The minimum atomic E-state index is -1.09. The molecule has 8 heteroatoms. The molecule has 5 aromatic rings. The first kappa shape index (κ1) is 26.6. The van der Waals surface area contributed by atoms with Crippen LogP contribution in [0, 0.1) is 26.6 Å². The summed E-state index contributed by atoms with van der Waals surface area (Å²) in [5.41, 5.74) is 6.90. The number of benzene rings is 3. The first-order chi connectivity index (χ1) is 19.2. The molecule has 0 bridgehead atoms. The third kappa shape index (κ3) is 5.29. The molecule has 3 N–H and O–H groups in total. The van der Waals surface area contributed by atoms with Crippen molar-refractivity contribution in [3.63, 3.8) is 0 Å². The lowest BCUT2D eigenvalue weighted by Crippen LogP contribution is -2.30. The van der Waals surface area contributed by atoms with Gasteiger partial charge >= 0.3 is 5.97 Å². The molecule has 3 aromatic carbocycles. The molecule has 2 heterocycles. The number of carboxylic acids is 1. The summed E-state index contributed by atoms with van der Waals surface area (Å²) in [5.74, 6) is -1.31. The monoisotopic (exact) mass is 536 g/mol. The first-order valence-electron chi connectivity index (χ1n) is 12.9. The van der Waals surface area contributed by atoms with Crippen LogP contribution in [-0.4, -0.2) is 26.4 Å². The van der Waals surface area contributed by atoms with Gasteiger partial charge in [0.15, 0.2) is 5.65 Å². The van der Waals surface area contributed by atoms with E-state index in [-0.39, 0.29) is 12.0 Å². The predicted molar refractivity (Wildman–Crippen MR) is 153 cm³/mol. The fourth-order valence-electron chi connectivity index (χ4n) is 4.88. The van der Waals surface area contributed by atoms with Gasteiger partial charge in [0.1, 0.15) is 17.3 Å². The van der Waals surface area contributed by atoms with E-state index in [1.807, 2.05) is 73.8 Å². The number of hydrogen-bond acceptors (Lipinski definition) is 4. The predicted octanol–water partition coefficient (Wildman–Crippen LogP) is 6.76. The summed E-state index contributed by atoms with van der Waals surface area (Å²) in [7, 11) is 0. The second-order valence-corrected chi connectivity index (χ2v) is 9.81. The molecule has 7 nitrogen and oxygen atoms in total. The fraction of sp³-hybridized carbons (Fsp3) is 0.156. The van der Waals surface area contributed by atoms with Crippen molar-refractivity contribution >= 4 is 29.0 Å². The molecule has 0 fully saturated rings. The molecule has 2 aromatic heterocycles. The molecule has 1 unspecified atom stereocenters. The lowest BCUT2D eigenvalue weighted by molar-refractivity contribution is -0.137. The number of nitrogens with zero attached hydrogens (tertiary/aromatic N) is 2. The number of imidazole rings is 1. The van der Waals surface area contributed by atoms with Gasteiger partial charge in [-0.05, 0) is 67.3 Å². The molecule has 5 rings (SSSR count). The van der Waals surface area contributed by atoms with Crippen LogP contribution in [0.1, 0.15) is 45.1 Å². The van der Waals surface area contributed by atoms with Crippen molar-refractivity contribution in [2.24, 2.45) is 0 Å². The third-order valence-electron chi connectivity index (χ3n) is 6.98. The van der Waals surface area contributed by atoms with Gasteiger partial charge < -0.3 is 15.7 Å². The highest BCUT2D eigenvalue weighted by Crippen LogP contribution is 2.35. The van der Waals surface area contributed by atoms with Crippen LogP contribution in [-0.2, 0) is 4.79 Å². The molecule has 1 atom stereocenters. The van der Waals surface area contributed by atoms with E-state index in [4.69, 9.17) is 4.98 Å². The topological polar surface area (TPSA) is 95.7 Å². The Bertz CT molecular complexity index is 1710. The molecular formula is C32H29FN4O3. The van der Waals surface area contributed by atoms with E-state index in [2.05, 4.69) is 10.6 Å². The van der Waals surface area contributed by atoms with Crippen molar-refractivity contribution in [2.75, 3.05) is 5.32 Å². The van der Waals surface area contributed by atoms with Crippen LogP contribution in [0.4, 0.5) is 15.9 Å². The Morgan fingerprint density at radius 2 is 1.57 bits per heavy atom. The van der Waals surface area contributed by atoms with Gasteiger partial charge in [-0.1, -0.05) is 54.6 Å². The minimum absolute atomic E-state index is 0.282. The number of aryl methyl sites for hydroxylation is 3. The van der Waals surface area contributed by atoms with E-state index in [0.717, 1.165) is 27.9 Å². The number of pyridine rings is 1. The number of anilines is 2. The molecule has 0 spiro atoms. The van der Waals surface area contributed by atoms with Crippen LogP contribution < -0.4 is 10.6 Å². The van der Waals surface area contributed by atoms with Crippen molar-refractivity contribution in [1.29, 1.82) is 0 Å². The van der Waals surface area contributed by atoms with E-state index in [1.165, 1.54) is 24.3 Å². The van der Waals surface area contributed by atoms with Crippen molar-refractivity contribution < 1.29 is 19.1 Å². The zero-order chi connectivity index (χ0) is 28.4. The van der Waals surface area contributed by atoms with E-state index in [0.29, 0.717) is 22.7 Å². The molecule has 0 saturated carbocycles. The maximum Gasteiger partial charge on any atom is 0.305 e. The number of carboxylic acid groups (broad SMARTS) is 1. The molecule has 40 heavy (non-hydrogen) atoms. The minimum Gasteiger partial charge on any atom is -0.481 e. The van der Waals surface area contributed by atoms with E-state index in [9.17, 15) is 19.1 Å². The number of hydrogen-bond donors (Lipinski definition) is 3. The Morgan fingerprint density at radius 3 is 2.25 bits per heavy atom. The average Bonchev–Trinajstić information content (AvgIpc) is 3.29. The number of nitrogens with one attached hydrogen (secondary N) is 2. The molecule has 0 saturated heterocycles. The summed E-state index contributed by atoms with van der Waals surface area (Å²) in [6.45, 7) is 6.07.